The molecule has 3 nitrogen and oxygen atoms in total. The van der Waals surface area contributed by atoms with E-state index in [2.05, 4.69) is 108 Å². The van der Waals surface area contributed by atoms with E-state index < -0.39 is 5.60 Å². The predicted molar refractivity (Wildman–Crippen MR) is 159 cm³/mol. The summed E-state index contributed by atoms with van der Waals surface area (Å²) >= 11 is 0. The standard InChI is InChI=1S/C34H50N2O/c1-25(2)21-30-22-28(11-10-18-35)14-15-32(30)29-16-17-34(37-20-19-36,31-12-8-7-9-13-31)33(24-29,27(5)6)23-26(3)4/h7-9,12-17,22,24-27H,10-11,18-21,23,35-36H2,1-6H3. The summed E-state index contributed by atoms with van der Waals surface area (Å²) in [4.78, 5) is 0. The Bertz CT molecular complexity index is 1050. The molecule has 0 amide bonds. The molecule has 1 aliphatic carbocycles. The van der Waals surface area contributed by atoms with Crippen molar-refractivity contribution in [3.8, 4) is 0 Å². The van der Waals surface area contributed by atoms with Crippen molar-refractivity contribution in [2.75, 3.05) is 19.7 Å². The van der Waals surface area contributed by atoms with Gasteiger partial charge in [0.1, 0.15) is 5.60 Å². The maximum absolute atomic E-state index is 6.86. The summed E-state index contributed by atoms with van der Waals surface area (Å²) in [5, 5.41) is 0. The van der Waals surface area contributed by atoms with Gasteiger partial charge in [-0.05, 0) is 83.9 Å². The highest BCUT2D eigenvalue weighted by atomic mass is 16.5. The van der Waals surface area contributed by atoms with Crippen molar-refractivity contribution in [1.29, 1.82) is 0 Å². The molecule has 0 saturated heterocycles. The molecule has 1 aliphatic rings. The van der Waals surface area contributed by atoms with Gasteiger partial charge in [-0.3, -0.25) is 0 Å². The first-order chi connectivity index (χ1) is 17.7. The van der Waals surface area contributed by atoms with Crippen LogP contribution >= 0.6 is 0 Å². The number of benzene rings is 2. The lowest BCUT2D eigenvalue weighted by atomic mass is 9.56. The summed E-state index contributed by atoms with van der Waals surface area (Å²) in [6, 6.07) is 17.8. The highest BCUT2D eigenvalue weighted by molar-refractivity contribution is 5.79. The molecule has 3 heteroatoms. The van der Waals surface area contributed by atoms with Crippen molar-refractivity contribution in [2.24, 2.45) is 34.6 Å². The van der Waals surface area contributed by atoms with E-state index in [1.54, 1.807) is 0 Å². The van der Waals surface area contributed by atoms with E-state index >= 15 is 0 Å². The minimum atomic E-state index is -0.575. The monoisotopic (exact) mass is 502 g/mol. The van der Waals surface area contributed by atoms with Gasteiger partial charge in [-0.15, -0.1) is 0 Å². The van der Waals surface area contributed by atoms with Gasteiger partial charge in [0.25, 0.3) is 0 Å². The van der Waals surface area contributed by atoms with Gasteiger partial charge in [0.05, 0.1) is 6.61 Å². The van der Waals surface area contributed by atoms with Crippen LogP contribution < -0.4 is 11.5 Å². The number of hydrogen-bond acceptors (Lipinski definition) is 3. The fraction of sp³-hybridized carbons (Fsp3) is 0.529. The van der Waals surface area contributed by atoms with Crippen molar-refractivity contribution < 1.29 is 4.74 Å². The molecule has 3 rings (SSSR count). The van der Waals surface area contributed by atoms with Crippen molar-refractivity contribution in [2.45, 2.75) is 72.8 Å². The van der Waals surface area contributed by atoms with Crippen LogP contribution in [-0.2, 0) is 23.2 Å². The molecular formula is C34H50N2O. The zero-order valence-electron chi connectivity index (χ0n) is 24.1. The average Bonchev–Trinajstić information content (AvgIpc) is 2.86. The molecule has 2 aromatic rings. The van der Waals surface area contributed by atoms with Crippen LogP contribution in [0.5, 0.6) is 0 Å². The van der Waals surface area contributed by atoms with E-state index in [9.17, 15) is 0 Å². The minimum Gasteiger partial charge on any atom is -0.364 e. The average molecular weight is 503 g/mol. The highest BCUT2D eigenvalue weighted by Gasteiger charge is 2.54. The first-order valence-corrected chi connectivity index (χ1v) is 14.3. The van der Waals surface area contributed by atoms with E-state index in [0.29, 0.717) is 30.9 Å². The maximum Gasteiger partial charge on any atom is 0.121 e. The Hall–Kier alpha value is -2.20. The van der Waals surface area contributed by atoms with Gasteiger partial charge in [0.2, 0.25) is 0 Å². The predicted octanol–water partition coefficient (Wildman–Crippen LogP) is 7.29. The number of rotatable bonds is 13. The Morgan fingerprint density at radius 2 is 1.59 bits per heavy atom. The zero-order chi connectivity index (χ0) is 27.1. The Kier molecular flexibility index (Phi) is 10.3. The smallest absolute Gasteiger partial charge is 0.121 e. The molecule has 0 heterocycles. The Morgan fingerprint density at radius 1 is 0.865 bits per heavy atom. The minimum absolute atomic E-state index is 0.227. The molecule has 0 fully saturated rings. The molecule has 37 heavy (non-hydrogen) atoms. The van der Waals surface area contributed by atoms with Gasteiger partial charge in [-0.1, -0.05) is 102 Å². The molecule has 0 aliphatic heterocycles. The molecule has 0 aromatic heterocycles. The number of allylic oxidation sites excluding steroid dienone is 2. The Balaban J connectivity index is 2.24. The van der Waals surface area contributed by atoms with Gasteiger partial charge in [-0.25, -0.2) is 0 Å². The number of hydrogen-bond donors (Lipinski definition) is 2. The number of ether oxygens (including phenoxy) is 1. The Labute approximate surface area is 226 Å². The SMILES string of the molecule is CC(C)Cc1cc(CCCN)ccc1C1=CC(CC(C)C)(C(C)C)C(OCCN)(c2ccccc2)C=C1. The van der Waals surface area contributed by atoms with Crippen molar-refractivity contribution in [1.82, 2.24) is 0 Å². The number of aryl methyl sites for hydroxylation is 1. The second-order valence-corrected chi connectivity index (χ2v) is 11.9. The molecule has 0 spiro atoms. The summed E-state index contributed by atoms with van der Waals surface area (Å²) in [5.41, 5.74) is 17.7. The van der Waals surface area contributed by atoms with E-state index in [4.69, 9.17) is 16.2 Å². The zero-order valence-corrected chi connectivity index (χ0v) is 24.1. The second-order valence-electron chi connectivity index (χ2n) is 11.9. The third-order valence-electron chi connectivity index (χ3n) is 7.81. The van der Waals surface area contributed by atoms with Gasteiger partial charge in [0.15, 0.2) is 0 Å². The topological polar surface area (TPSA) is 61.3 Å². The van der Waals surface area contributed by atoms with Crippen LogP contribution in [0.2, 0.25) is 0 Å². The first-order valence-electron chi connectivity index (χ1n) is 14.3. The Morgan fingerprint density at radius 3 is 2.19 bits per heavy atom. The van der Waals surface area contributed by atoms with Gasteiger partial charge in [-0.2, -0.15) is 0 Å². The van der Waals surface area contributed by atoms with Gasteiger partial charge in [0, 0.05) is 12.0 Å². The molecule has 0 saturated carbocycles. The van der Waals surface area contributed by atoms with Crippen LogP contribution in [0.15, 0.2) is 66.8 Å². The lowest BCUT2D eigenvalue weighted by molar-refractivity contribution is -0.113. The largest absolute Gasteiger partial charge is 0.364 e. The molecule has 2 aromatic carbocycles. The second kappa shape index (κ2) is 13.0. The van der Waals surface area contributed by atoms with Crippen molar-refractivity contribution in [3.63, 3.8) is 0 Å². The molecular weight excluding hydrogens is 452 g/mol. The summed E-state index contributed by atoms with van der Waals surface area (Å²) < 4.78 is 6.86. The van der Waals surface area contributed by atoms with Gasteiger partial charge >= 0.3 is 0 Å². The van der Waals surface area contributed by atoms with Crippen LogP contribution in [0, 0.1) is 23.2 Å². The lowest BCUT2D eigenvalue weighted by Crippen LogP contribution is -2.51. The summed E-state index contributed by atoms with van der Waals surface area (Å²) in [6.45, 7) is 15.7. The van der Waals surface area contributed by atoms with E-state index in [0.717, 1.165) is 32.2 Å². The normalized spacial score (nSPS) is 21.8. The molecule has 0 bridgehead atoms. The molecule has 2 atom stereocenters. The lowest BCUT2D eigenvalue weighted by Gasteiger charge is -2.53. The van der Waals surface area contributed by atoms with Crippen molar-refractivity contribution in [3.05, 3.63) is 89.0 Å². The summed E-state index contributed by atoms with van der Waals surface area (Å²) in [5.74, 6) is 1.44. The van der Waals surface area contributed by atoms with Crippen LogP contribution in [0.1, 0.15) is 76.6 Å². The molecule has 4 N–H and O–H groups in total. The maximum atomic E-state index is 6.86. The quantitative estimate of drug-likeness (QED) is 0.302. The molecule has 202 valence electrons. The van der Waals surface area contributed by atoms with Crippen molar-refractivity contribution >= 4 is 5.57 Å². The number of nitrogens with two attached hydrogens (primary N) is 2. The first kappa shape index (κ1) is 29.4. The van der Waals surface area contributed by atoms with Crippen LogP contribution in [0.4, 0.5) is 0 Å². The van der Waals surface area contributed by atoms with Crippen LogP contribution in [0.25, 0.3) is 5.57 Å². The fourth-order valence-electron chi connectivity index (χ4n) is 6.22. The third kappa shape index (κ3) is 6.45. The van der Waals surface area contributed by atoms with Crippen LogP contribution in [-0.4, -0.2) is 19.7 Å². The van der Waals surface area contributed by atoms with E-state index in [1.165, 1.54) is 27.8 Å². The van der Waals surface area contributed by atoms with Crippen LogP contribution in [0.3, 0.4) is 0 Å². The molecule has 2 unspecified atom stereocenters. The summed E-state index contributed by atoms with van der Waals surface area (Å²) in [6.07, 6.45) is 11.3. The third-order valence-corrected chi connectivity index (χ3v) is 7.81. The molecule has 0 radical (unpaired) electrons. The van der Waals surface area contributed by atoms with Gasteiger partial charge < -0.3 is 16.2 Å². The van der Waals surface area contributed by atoms with E-state index in [-0.39, 0.29) is 5.41 Å². The highest BCUT2D eigenvalue weighted by Crippen LogP contribution is 2.57. The van der Waals surface area contributed by atoms with E-state index in [1.807, 2.05) is 0 Å². The summed E-state index contributed by atoms with van der Waals surface area (Å²) in [7, 11) is 0. The fourth-order valence-corrected chi connectivity index (χ4v) is 6.22.